The van der Waals surface area contributed by atoms with E-state index in [1.807, 2.05) is 61.5 Å². The average molecular weight is 327 g/mol. The van der Waals surface area contributed by atoms with Gasteiger partial charge in [0.15, 0.2) is 0 Å². The van der Waals surface area contributed by atoms with Crippen molar-refractivity contribution in [3.05, 3.63) is 65.7 Å². The summed E-state index contributed by atoms with van der Waals surface area (Å²) in [6.45, 7) is 1.91. The summed E-state index contributed by atoms with van der Waals surface area (Å²) >= 11 is 5.51. The largest absolute Gasteiger partial charge is 0.369 e. The van der Waals surface area contributed by atoms with E-state index in [1.165, 1.54) is 5.01 Å². The van der Waals surface area contributed by atoms with Gasteiger partial charge in [0.05, 0.1) is 5.69 Å². The van der Waals surface area contributed by atoms with E-state index in [9.17, 15) is 9.59 Å². The number of amides is 2. The van der Waals surface area contributed by atoms with Gasteiger partial charge in [-0.25, -0.2) is 5.01 Å². The molecule has 0 aliphatic heterocycles. The highest BCUT2D eigenvalue weighted by Crippen LogP contribution is 2.20. The number of rotatable bonds is 4. The number of carbonyl (C=O) groups is 2. The molecule has 23 heavy (non-hydrogen) atoms. The van der Waals surface area contributed by atoms with Crippen LogP contribution in [0.4, 0.5) is 5.69 Å². The topological polar surface area (TPSA) is 75.4 Å². The quantitative estimate of drug-likeness (QED) is 0.512. The zero-order chi connectivity index (χ0) is 16.8. The lowest BCUT2D eigenvalue weighted by Gasteiger charge is -2.27. The average Bonchev–Trinajstić information content (AvgIpc) is 2.53. The smallest absolute Gasteiger partial charge is 0.248 e. The number of para-hydroxylation sites is 1. The molecule has 0 saturated heterocycles. The minimum atomic E-state index is -0.696. The van der Waals surface area contributed by atoms with Gasteiger partial charge in [0.2, 0.25) is 11.8 Å². The lowest BCUT2D eigenvalue weighted by atomic mass is 10.1. The number of nitrogens with two attached hydrogens (primary N) is 1. The molecule has 0 fully saturated rings. The molecule has 0 saturated carbocycles. The first-order valence-electron chi connectivity index (χ1n) is 7.02. The Balaban J connectivity index is 2.35. The lowest BCUT2D eigenvalue weighted by molar-refractivity contribution is -0.127. The first-order chi connectivity index (χ1) is 11.0. The number of nitrogens with zero attached hydrogens (tertiary/aromatic N) is 1. The van der Waals surface area contributed by atoms with Gasteiger partial charge in [-0.05, 0) is 18.6 Å². The van der Waals surface area contributed by atoms with E-state index in [0.29, 0.717) is 4.99 Å². The molecule has 5 nitrogen and oxygen atoms in total. The van der Waals surface area contributed by atoms with Crippen molar-refractivity contribution in [1.29, 1.82) is 0 Å². The number of anilines is 1. The molecule has 0 atom stereocenters. The molecule has 118 valence electrons. The molecule has 2 rings (SSSR count). The Morgan fingerprint density at radius 2 is 1.70 bits per heavy atom. The molecule has 0 aliphatic rings. The Labute approximate surface area is 140 Å². The van der Waals surface area contributed by atoms with Crippen LogP contribution in [0, 0.1) is 6.92 Å². The molecule has 2 aromatic rings. The van der Waals surface area contributed by atoms with Crippen molar-refractivity contribution in [3.8, 4) is 0 Å². The first-order valence-corrected chi connectivity index (χ1v) is 7.43. The van der Waals surface area contributed by atoms with Gasteiger partial charge in [0, 0.05) is 5.56 Å². The summed E-state index contributed by atoms with van der Waals surface area (Å²) in [6.07, 6.45) is -0.403. The van der Waals surface area contributed by atoms with Crippen LogP contribution in [0.3, 0.4) is 0 Å². The van der Waals surface area contributed by atoms with Crippen LogP contribution in [0.2, 0.25) is 0 Å². The molecule has 0 unspecified atom stereocenters. The predicted molar refractivity (Wildman–Crippen MR) is 93.8 cm³/mol. The molecule has 3 N–H and O–H groups in total. The highest BCUT2D eigenvalue weighted by atomic mass is 32.1. The molecule has 0 heterocycles. The summed E-state index contributed by atoms with van der Waals surface area (Å²) in [5, 5.41) is 1.51. The van der Waals surface area contributed by atoms with Crippen LogP contribution in [0.1, 0.15) is 17.5 Å². The van der Waals surface area contributed by atoms with Crippen molar-refractivity contribution in [2.45, 2.75) is 13.3 Å². The maximum Gasteiger partial charge on any atom is 0.248 e. The standard InChI is InChI=1S/C17H17N3O2S/c1-12-7-5-6-10-14(12)20(19-16(22)11-15(18)21)17(23)13-8-3-2-4-9-13/h2-10H,11H2,1H3,(H2,18,21)(H,19,22). The van der Waals surface area contributed by atoms with E-state index in [1.54, 1.807) is 0 Å². The Morgan fingerprint density at radius 1 is 1.09 bits per heavy atom. The summed E-state index contributed by atoms with van der Waals surface area (Å²) < 4.78 is 0. The second kappa shape index (κ2) is 7.51. The zero-order valence-electron chi connectivity index (χ0n) is 12.7. The van der Waals surface area contributed by atoms with E-state index < -0.39 is 18.2 Å². The molecule has 2 aromatic carbocycles. The Morgan fingerprint density at radius 3 is 2.30 bits per heavy atom. The molecule has 0 spiro atoms. The minimum Gasteiger partial charge on any atom is -0.369 e. The molecule has 0 bridgehead atoms. The van der Waals surface area contributed by atoms with Crippen molar-refractivity contribution < 1.29 is 9.59 Å². The number of nitrogens with one attached hydrogen (secondary N) is 1. The van der Waals surface area contributed by atoms with Crippen molar-refractivity contribution in [2.75, 3.05) is 5.01 Å². The van der Waals surface area contributed by atoms with Crippen molar-refractivity contribution in [1.82, 2.24) is 5.43 Å². The summed E-state index contributed by atoms with van der Waals surface area (Å²) in [6, 6.07) is 16.8. The number of hydrogen-bond donors (Lipinski definition) is 2. The van der Waals surface area contributed by atoms with Crippen LogP contribution >= 0.6 is 12.2 Å². The van der Waals surface area contributed by atoms with Crippen LogP contribution < -0.4 is 16.2 Å². The number of hydrazine groups is 1. The Hall–Kier alpha value is -2.73. The molecule has 0 aliphatic carbocycles. The van der Waals surface area contributed by atoms with Gasteiger partial charge < -0.3 is 5.73 Å². The van der Waals surface area contributed by atoms with Gasteiger partial charge in [-0.1, -0.05) is 60.7 Å². The predicted octanol–water partition coefficient (Wildman–Crippen LogP) is 2.08. The molecule has 2 amide bonds. The number of hydrogen-bond acceptors (Lipinski definition) is 3. The molecule has 6 heteroatoms. The second-order valence-corrected chi connectivity index (χ2v) is 5.36. The third-order valence-corrected chi connectivity index (χ3v) is 3.57. The summed E-state index contributed by atoms with van der Waals surface area (Å²) in [5.74, 6) is -1.21. The number of primary amides is 1. The van der Waals surface area contributed by atoms with Gasteiger partial charge in [-0.3, -0.25) is 15.0 Å². The fraction of sp³-hybridized carbons (Fsp3) is 0.118. The highest BCUT2D eigenvalue weighted by molar-refractivity contribution is 7.81. The second-order valence-electron chi connectivity index (χ2n) is 4.97. The normalized spacial score (nSPS) is 9.96. The fourth-order valence-electron chi connectivity index (χ4n) is 2.07. The SMILES string of the molecule is Cc1ccccc1N(NC(=O)CC(N)=O)C(=S)c1ccccc1. The monoisotopic (exact) mass is 327 g/mol. The maximum absolute atomic E-state index is 12.0. The third-order valence-electron chi connectivity index (χ3n) is 3.15. The van der Waals surface area contributed by atoms with E-state index >= 15 is 0 Å². The van der Waals surface area contributed by atoms with E-state index in [-0.39, 0.29) is 0 Å². The minimum absolute atomic E-state index is 0.403. The van der Waals surface area contributed by atoms with Crippen molar-refractivity contribution in [3.63, 3.8) is 0 Å². The van der Waals surface area contributed by atoms with Crippen molar-refractivity contribution in [2.24, 2.45) is 5.73 Å². The molecular formula is C17H17N3O2S. The van der Waals surface area contributed by atoms with Gasteiger partial charge >= 0.3 is 0 Å². The van der Waals surface area contributed by atoms with Gasteiger partial charge in [0.25, 0.3) is 0 Å². The number of thiocarbonyl (C=S) groups is 1. The van der Waals surface area contributed by atoms with Gasteiger partial charge in [-0.15, -0.1) is 0 Å². The van der Waals surface area contributed by atoms with E-state index in [0.717, 1.165) is 16.8 Å². The van der Waals surface area contributed by atoms with Gasteiger partial charge in [-0.2, -0.15) is 0 Å². The number of aryl methyl sites for hydroxylation is 1. The molecule has 0 radical (unpaired) electrons. The fourth-order valence-corrected chi connectivity index (χ4v) is 2.35. The van der Waals surface area contributed by atoms with Crippen LogP contribution in [-0.4, -0.2) is 16.8 Å². The highest BCUT2D eigenvalue weighted by Gasteiger charge is 2.19. The Kier molecular flexibility index (Phi) is 5.43. The maximum atomic E-state index is 12.0. The zero-order valence-corrected chi connectivity index (χ0v) is 13.5. The van der Waals surface area contributed by atoms with Crippen LogP contribution in [0.15, 0.2) is 54.6 Å². The third kappa shape index (κ3) is 4.37. The molecule has 0 aromatic heterocycles. The molecular weight excluding hydrogens is 310 g/mol. The summed E-state index contributed by atoms with van der Waals surface area (Å²) in [5.41, 5.74) is 10.2. The lowest BCUT2D eigenvalue weighted by Crippen LogP contribution is -2.47. The van der Waals surface area contributed by atoms with Crippen LogP contribution in [-0.2, 0) is 9.59 Å². The van der Waals surface area contributed by atoms with Crippen LogP contribution in [0.25, 0.3) is 0 Å². The van der Waals surface area contributed by atoms with E-state index in [2.05, 4.69) is 5.43 Å². The first kappa shape index (κ1) is 16.6. The number of benzene rings is 2. The summed E-state index contributed by atoms with van der Waals surface area (Å²) in [7, 11) is 0. The number of carbonyl (C=O) groups excluding carboxylic acids is 2. The summed E-state index contributed by atoms with van der Waals surface area (Å²) in [4.78, 5) is 23.3. The van der Waals surface area contributed by atoms with Crippen LogP contribution in [0.5, 0.6) is 0 Å². The van der Waals surface area contributed by atoms with Gasteiger partial charge in [0.1, 0.15) is 11.4 Å². The van der Waals surface area contributed by atoms with E-state index in [4.69, 9.17) is 18.0 Å². The Bertz CT molecular complexity index is 732. The van der Waals surface area contributed by atoms with Crippen molar-refractivity contribution >= 4 is 34.7 Å².